The number of para-hydroxylation sites is 1. The molecule has 3 rings (SSSR count). The lowest BCUT2D eigenvalue weighted by molar-refractivity contribution is 0.220. The molecule has 0 aromatic heterocycles. The van der Waals surface area contributed by atoms with Gasteiger partial charge in [-0.25, -0.2) is 13.1 Å². The van der Waals surface area contributed by atoms with Crippen LogP contribution in [0.25, 0.3) is 0 Å². The molecule has 0 aliphatic carbocycles. The number of hydrogen-bond donors (Lipinski definition) is 2. The molecular weight excluding hydrogens is 398 g/mol. The molecule has 0 unspecified atom stereocenters. The lowest BCUT2D eigenvalue weighted by Gasteiger charge is -2.26. The topological polar surface area (TPSA) is 70.7 Å². The maximum absolute atomic E-state index is 12.1. The Bertz CT molecular complexity index is 853. The van der Waals surface area contributed by atoms with E-state index in [1.165, 1.54) is 37.9 Å². The lowest BCUT2D eigenvalue weighted by Crippen LogP contribution is -2.31. The summed E-state index contributed by atoms with van der Waals surface area (Å²) in [6.07, 6.45) is 4.54. The largest absolute Gasteiger partial charge is 0.494 e. The summed E-state index contributed by atoms with van der Waals surface area (Å²) in [4.78, 5) is 2.49. The van der Waals surface area contributed by atoms with E-state index >= 15 is 0 Å². The highest BCUT2D eigenvalue weighted by molar-refractivity contribution is 7.89. The molecule has 0 bridgehead atoms. The number of nitrogens with zero attached hydrogens (tertiary/aromatic N) is 1. The standard InChI is InChI=1S/C23H33N3O3S/c27-30(28,18-14-24-22-10-3-1-4-11-22)25-13-8-17-29-23-12-7-9-21(19-23)20-26-15-5-2-6-16-26/h1,3-4,7,9-12,19,24-25H,2,5-6,8,13-18,20H2. The summed E-state index contributed by atoms with van der Waals surface area (Å²) in [5.41, 5.74) is 2.18. The summed E-state index contributed by atoms with van der Waals surface area (Å²) >= 11 is 0. The molecule has 0 atom stereocenters. The van der Waals surface area contributed by atoms with E-state index in [1.54, 1.807) is 0 Å². The predicted molar refractivity (Wildman–Crippen MR) is 122 cm³/mol. The van der Waals surface area contributed by atoms with Crippen LogP contribution in [-0.2, 0) is 16.6 Å². The van der Waals surface area contributed by atoms with Crippen LogP contribution in [0.3, 0.4) is 0 Å². The summed E-state index contributed by atoms with van der Waals surface area (Å²) in [5, 5.41) is 3.11. The molecule has 1 aliphatic heterocycles. The summed E-state index contributed by atoms with van der Waals surface area (Å²) in [6.45, 7) is 4.55. The number of hydrogen-bond acceptors (Lipinski definition) is 5. The molecule has 0 spiro atoms. The van der Waals surface area contributed by atoms with Gasteiger partial charge in [-0.3, -0.25) is 4.90 Å². The highest BCUT2D eigenvalue weighted by Crippen LogP contribution is 2.17. The molecule has 1 fully saturated rings. The van der Waals surface area contributed by atoms with Crippen molar-refractivity contribution in [2.45, 2.75) is 32.2 Å². The van der Waals surface area contributed by atoms with Crippen molar-refractivity contribution in [1.82, 2.24) is 9.62 Å². The molecule has 1 heterocycles. The smallest absolute Gasteiger partial charge is 0.213 e. The van der Waals surface area contributed by atoms with Gasteiger partial charge >= 0.3 is 0 Å². The molecule has 0 radical (unpaired) electrons. The number of anilines is 1. The molecule has 1 aliphatic rings. The summed E-state index contributed by atoms with van der Waals surface area (Å²) in [6, 6.07) is 17.8. The van der Waals surface area contributed by atoms with Gasteiger partial charge in [0.2, 0.25) is 10.0 Å². The fourth-order valence-electron chi connectivity index (χ4n) is 3.56. The number of benzene rings is 2. The Balaban J connectivity index is 1.31. The molecule has 0 saturated carbocycles. The molecule has 7 heteroatoms. The van der Waals surface area contributed by atoms with E-state index in [2.05, 4.69) is 27.1 Å². The van der Waals surface area contributed by atoms with Crippen LogP contribution in [0.15, 0.2) is 54.6 Å². The van der Waals surface area contributed by atoms with Crippen molar-refractivity contribution in [1.29, 1.82) is 0 Å². The van der Waals surface area contributed by atoms with Gasteiger partial charge in [0.25, 0.3) is 0 Å². The number of sulfonamides is 1. The van der Waals surface area contributed by atoms with Crippen LogP contribution >= 0.6 is 0 Å². The monoisotopic (exact) mass is 431 g/mol. The summed E-state index contributed by atoms with van der Waals surface area (Å²) in [7, 11) is -3.29. The molecule has 2 N–H and O–H groups in total. The molecule has 164 valence electrons. The third-order valence-corrected chi connectivity index (χ3v) is 6.52. The first kappa shape index (κ1) is 22.6. The van der Waals surface area contributed by atoms with Crippen LogP contribution in [0.1, 0.15) is 31.2 Å². The van der Waals surface area contributed by atoms with Crippen molar-refractivity contribution in [3.8, 4) is 5.75 Å². The normalized spacial score (nSPS) is 15.1. The first-order valence-electron chi connectivity index (χ1n) is 10.8. The zero-order valence-electron chi connectivity index (χ0n) is 17.6. The van der Waals surface area contributed by atoms with Gasteiger partial charge in [0.05, 0.1) is 12.4 Å². The maximum atomic E-state index is 12.1. The van der Waals surface area contributed by atoms with Crippen LogP contribution in [0, 0.1) is 0 Å². The van der Waals surface area contributed by atoms with Crippen LogP contribution in [0.4, 0.5) is 5.69 Å². The number of likely N-dealkylation sites (tertiary alicyclic amines) is 1. The van der Waals surface area contributed by atoms with Crippen molar-refractivity contribution in [3.63, 3.8) is 0 Å². The van der Waals surface area contributed by atoms with Crippen molar-refractivity contribution >= 4 is 15.7 Å². The fraction of sp³-hybridized carbons (Fsp3) is 0.478. The Labute approximate surface area is 180 Å². The Morgan fingerprint density at radius 2 is 1.73 bits per heavy atom. The highest BCUT2D eigenvalue weighted by atomic mass is 32.2. The lowest BCUT2D eigenvalue weighted by atomic mass is 10.1. The van der Waals surface area contributed by atoms with E-state index < -0.39 is 10.0 Å². The summed E-state index contributed by atoms with van der Waals surface area (Å²) in [5.74, 6) is 0.890. The second-order valence-corrected chi connectivity index (χ2v) is 9.62. The van der Waals surface area contributed by atoms with Gasteiger partial charge in [-0.15, -0.1) is 0 Å². The highest BCUT2D eigenvalue weighted by Gasteiger charge is 2.11. The first-order chi connectivity index (χ1) is 14.6. The van der Waals surface area contributed by atoms with E-state index in [4.69, 9.17) is 4.74 Å². The van der Waals surface area contributed by atoms with Gasteiger partial charge in [-0.05, 0) is 62.2 Å². The number of ether oxygens (including phenoxy) is 1. The molecule has 2 aromatic carbocycles. The van der Waals surface area contributed by atoms with E-state index in [9.17, 15) is 8.42 Å². The van der Waals surface area contributed by atoms with E-state index in [0.717, 1.165) is 18.0 Å². The van der Waals surface area contributed by atoms with Crippen LogP contribution < -0.4 is 14.8 Å². The van der Waals surface area contributed by atoms with E-state index in [0.29, 0.717) is 26.1 Å². The van der Waals surface area contributed by atoms with Crippen LogP contribution in [0.5, 0.6) is 5.75 Å². The Morgan fingerprint density at radius 3 is 2.53 bits per heavy atom. The molecule has 2 aromatic rings. The minimum atomic E-state index is -3.29. The number of piperidine rings is 1. The third kappa shape index (κ3) is 8.34. The minimum absolute atomic E-state index is 0.0430. The van der Waals surface area contributed by atoms with Crippen molar-refractivity contribution in [2.24, 2.45) is 0 Å². The summed E-state index contributed by atoms with van der Waals surface area (Å²) < 4.78 is 32.6. The zero-order valence-corrected chi connectivity index (χ0v) is 18.4. The maximum Gasteiger partial charge on any atom is 0.213 e. The Morgan fingerprint density at radius 1 is 0.933 bits per heavy atom. The third-order valence-electron chi connectivity index (χ3n) is 5.14. The van der Waals surface area contributed by atoms with Gasteiger partial charge in [0.15, 0.2) is 0 Å². The van der Waals surface area contributed by atoms with Gasteiger partial charge in [0.1, 0.15) is 5.75 Å². The SMILES string of the molecule is O=S(=O)(CCNc1ccccc1)NCCCOc1cccc(CN2CCCCC2)c1. The van der Waals surface area contributed by atoms with E-state index in [1.807, 2.05) is 42.5 Å². The fourth-order valence-corrected chi connectivity index (χ4v) is 4.53. The van der Waals surface area contributed by atoms with Crippen molar-refractivity contribution in [2.75, 3.05) is 43.9 Å². The van der Waals surface area contributed by atoms with Crippen molar-refractivity contribution < 1.29 is 13.2 Å². The number of rotatable bonds is 12. The van der Waals surface area contributed by atoms with Crippen LogP contribution in [-0.4, -0.2) is 51.9 Å². The number of nitrogens with one attached hydrogen (secondary N) is 2. The average Bonchev–Trinajstić information content (AvgIpc) is 2.75. The first-order valence-corrected chi connectivity index (χ1v) is 12.5. The van der Waals surface area contributed by atoms with Gasteiger partial charge in [-0.1, -0.05) is 36.8 Å². The second-order valence-electron chi connectivity index (χ2n) is 7.69. The minimum Gasteiger partial charge on any atom is -0.494 e. The van der Waals surface area contributed by atoms with Gasteiger partial charge in [0, 0.05) is 25.3 Å². The molecular formula is C23H33N3O3S. The predicted octanol–water partition coefficient (Wildman–Crippen LogP) is 3.47. The molecule has 0 amide bonds. The van der Waals surface area contributed by atoms with Crippen molar-refractivity contribution in [3.05, 3.63) is 60.2 Å². The van der Waals surface area contributed by atoms with Gasteiger partial charge < -0.3 is 10.1 Å². The quantitative estimate of drug-likeness (QED) is 0.504. The average molecular weight is 432 g/mol. The molecule has 1 saturated heterocycles. The molecule has 6 nitrogen and oxygen atoms in total. The van der Waals surface area contributed by atoms with Gasteiger partial charge in [-0.2, -0.15) is 0 Å². The van der Waals surface area contributed by atoms with E-state index in [-0.39, 0.29) is 5.75 Å². The Kier molecular flexibility index (Phi) is 8.99. The zero-order chi connectivity index (χ0) is 21.1. The second kappa shape index (κ2) is 11.9. The Hall–Kier alpha value is -2.09. The van der Waals surface area contributed by atoms with Crippen LogP contribution in [0.2, 0.25) is 0 Å². The molecule has 30 heavy (non-hydrogen) atoms.